The highest BCUT2D eigenvalue weighted by Gasteiger charge is 2.12. The Balaban J connectivity index is 1.84. The lowest BCUT2D eigenvalue weighted by atomic mass is 10.2. The number of ether oxygens (including phenoxy) is 1. The Morgan fingerprint density at radius 3 is 2.75 bits per heavy atom. The molecule has 0 amide bonds. The second-order valence-corrected chi connectivity index (χ2v) is 4.29. The Morgan fingerprint density at radius 2 is 2.00 bits per heavy atom. The van der Waals surface area contributed by atoms with E-state index in [0.717, 1.165) is 10.9 Å². The van der Waals surface area contributed by atoms with Gasteiger partial charge in [-0.05, 0) is 11.6 Å². The van der Waals surface area contributed by atoms with Crippen molar-refractivity contribution in [2.75, 3.05) is 0 Å². The summed E-state index contributed by atoms with van der Waals surface area (Å²) in [5.41, 5.74) is 1.64. The quantitative estimate of drug-likeness (QED) is 0.583. The zero-order valence-corrected chi connectivity index (χ0v) is 10.4. The summed E-state index contributed by atoms with van der Waals surface area (Å²) < 4.78 is 5.63. The van der Waals surface area contributed by atoms with Gasteiger partial charge in [-0.15, -0.1) is 5.10 Å². The predicted molar refractivity (Wildman–Crippen MR) is 73.5 cm³/mol. The van der Waals surface area contributed by atoms with Crippen molar-refractivity contribution in [3.63, 3.8) is 0 Å². The van der Waals surface area contributed by atoms with Crippen LogP contribution < -0.4 is 4.74 Å². The van der Waals surface area contributed by atoms with E-state index in [-0.39, 0.29) is 5.69 Å². The summed E-state index contributed by atoms with van der Waals surface area (Å²) in [7, 11) is 0. The second-order valence-electron chi connectivity index (χ2n) is 4.29. The Bertz CT molecular complexity index is 753. The number of nitrogens with zero attached hydrogens (tertiary/aromatic N) is 2. The molecule has 3 rings (SSSR count). The van der Waals surface area contributed by atoms with Crippen molar-refractivity contribution >= 4 is 16.6 Å². The average molecular weight is 269 g/mol. The minimum Gasteiger partial charge on any atom is -0.471 e. The van der Waals surface area contributed by atoms with Crippen LogP contribution in [-0.2, 0) is 6.61 Å². The minimum atomic E-state index is -0.440. The van der Waals surface area contributed by atoms with Gasteiger partial charge in [0.1, 0.15) is 6.61 Å². The Hall–Kier alpha value is -2.89. The molecule has 0 aliphatic carbocycles. The molecule has 0 fully saturated rings. The van der Waals surface area contributed by atoms with Crippen LogP contribution >= 0.6 is 0 Å². The van der Waals surface area contributed by atoms with E-state index in [2.05, 4.69) is 10.2 Å². The van der Waals surface area contributed by atoms with Crippen LogP contribution in [0.15, 0.2) is 48.5 Å². The van der Waals surface area contributed by atoms with Crippen molar-refractivity contribution in [1.82, 2.24) is 10.2 Å². The monoisotopic (exact) mass is 269 g/mol. The van der Waals surface area contributed by atoms with E-state index in [1.54, 1.807) is 6.07 Å². The third-order valence-corrected chi connectivity index (χ3v) is 2.94. The molecular formula is C14H11N3O3. The zero-order valence-electron chi connectivity index (χ0n) is 10.4. The molecule has 1 N–H and O–H groups in total. The lowest BCUT2D eigenvalue weighted by Crippen LogP contribution is -1.95. The van der Waals surface area contributed by atoms with Crippen molar-refractivity contribution in [1.29, 1.82) is 0 Å². The van der Waals surface area contributed by atoms with Crippen molar-refractivity contribution in [3.05, 3.63) is 64.2 Å². The number of nitro groups is 1. The highest BCUT2D eigenvalue weighted by Crippen LogP contribution is 2.26. The molecule has 1 aromatic heterocycles. The van der Waals surface area contributed by atoms with Crippen LogP contribution in [0, 0.1) is 10.1 Å². The number of hydrogen-bond acceptors (Lipinski definition) is 4. The first kappa shape index (κ1) is 12.2. The lowest BCUT2D eigenvalue weighted by molar-refractivity contribution is -0.384. The van der Waals surface area contributed by atoms with Crippen LogP contribution in [0.5, 0.6) is 5.88 Å². The zero-order chi connectivity index (χ0) is 13.9. The highest BCUT2D eigenvalue weighted by atomic mass is 16.6. The predicted octanol–water partition coefficient (Wildman–Crippen LogP) is 3.05. The molecule has 6 heteroatoms. The third kappa shape index (κ3) is 2.31. The van der Waals surface area contributed by atoms with E-state index in [9.17, 15) is 10.1 Å². The van der Waals surface area contributed by atoms with Gasteiger partial charge in [0.05, 0.1) is 15.8 Å². The maximum absolute atomic E-state index is 10.7. The Morgan fingerprint density at radius 1 is 1.20 bits per heavy atom. The Kier molecular flexibility index (Phi) is 3.04. The molecule has 6 nitrogen and oxygen atoms in total. The molecule has 0 unspecified atom stereocenters. The van der Waals surface area contributed by atoms with Gasteiger partial charge in [0.25, 0.3) is 5.69 Å². The number of aromatic amines is 1. The molecule has 0 bridgehead atoms. The van der Waals surface area contributed by atoms with Crippen LogP contribution in [0.1, 0.15) is 5.56 Å². The van der Waals surface area contributed by atoms with Crippen molar-refractivity contribution in [2.45, 2.75) is 6.61 Å². The van der Waals surface area contributed by atoms with Gasteiger partial charge in [0.15, 0.2) is 0 Å². The van der Waals surface area contributed by atoms with Gasteiger partial charge in [0.2, 0.25) is 5.88 Å². The molecular weight excluding hydrogens is 258 g/mol. The normalized spacial score (nSPS) is 10.6. The number of nitro benzene ring substituents is 1. The molecule has 20 heavy (non-hydrogen) atoms. The summed E-state index contributed by atoms with van der Waals surface area (Å²) >= 11 is 0. The average Bonchev–Trinajstić information content (AvgIpc) is 2.88. The number of non-ortho nitro benzene ring substituents is 1. The van der Waals surface area contributed by atoms with Gasteiger partial charge in [-0.2, -0.15) is 0 Å². The molecule has 1 heterocycles. The van der Waals surface area contributed by atoms with Crippen molar-refractivity contribution < 1.29 is 9.66 Å². The summed E-state index contributed by atoms with van der Waals surface area (Å²) in [6.07, 6.45) is 0. The van der Waals surface area contributed by atoms with Crippen molar-refractivity contribution in [3.8, 4) is 5.88 Å². The van der Waals surface area contributed by atoms with Crippen LogP contribution in [0.4, 0.5) is 5.69 Å². The van der Waals surface area contributed by atoms with Gasteiger partial charge in [-0.1, -0.05) is 30.3 Å². The van der Waals surface area contributed by atoms with Gasteiger partial charge in [0, 0.05) is 12.1 Å². The molecule has 0 spiro atoms. The lowest BCUT2D eigenvalue weighted by Gasteiger charge is -2.03. The molecule has 0 atom stereocenters. The number of hydrogen-bond donors (Lipinski definition) is 1. The van der Waals surface area contributed by atoms with E-state index in [4.69, 9.17) is 4.74 Å². The smallest absolute Gasteiger partial charge is 0.271 e. The first-order chi connectivity index (χ1) is 9.74. The largest absolute Gasteiger partial charge is 0.471 e. The topological polar surface area (TPSA) is 81.1 Å². The van der Waals surface area contributed by atoms with Gasteiger partial charge in [-0.25, -0.2) is 0 Å². The molecule has 0 aliphatic rings. The van der Waals surface area contributed by atoms with Gasteiger partial charge < -0.3 is 4.74 Å². The van der Waals surface area contributed by atoms with Gasteiger partial charge in [-0.3, -0.25) is 15.2 Å². The highest BCUT2D eigenvalue weighted by molar-refractivity contribution is 5.85. The van der Waals surface area contributed by atoms with Crippen LogP contribution in [0.3, 0.4) is 0 Å². The summed E-state index contributed by atoms with van der Waals surface area (Å²) in [5, 5.41) is 18.2. The summed E-state index contributed by atoms with van der Waals surface area (Å²) in [4.78, 5) is 10.3. The number of benzene rings is 2. The molecule has 100 valence electrons. The fourth-order valence-corrected chi connectivity index (χ4v) is 1.93. The van der Waals surface area contributed by atoms with E-state index in [1.165, 1.54) is 12.1 Å². The van der Waals surface area contributed by atoms with Crippen LogP contribution in [-0.4, -0.2) is 15.1 Å². The SMILES string of the molecule is O=[N+]([O-])c1ccc2c(OCc3ccccc3)n[nH]c2c1. The standard InChI is InChI=1S/C14H11N3O3/c18-17(19)11-6-7-12-13(8-11)15-16-14(12)20-9-10-4-2-1-3-5-10/h1-8H,9H2,(H,15,16). The second kappa shape index (κ2) is 5.00. The van der Waals surface area contributed by atoms with E-state index in [1.807, 2.05) is 30.3 Å². The molecule has 3 aromatic rings. The molecule has 0 radical (unpaired) electrons. The van der Waals surface area contributed by atoms with E-state index in [0.29, 0.717) is 18.0 Å². The molecule has 0 saturated heterocycles. The fourth-order valence-electron chi connectivity index (χ4n) is 1.93. The first-order valence-electron chi connectivity index (χ1n) is 6.03. The number of fused-ring (bicyclic) bond motifs is 1. The number of rotatable bonds is 4. The van der Waals surface area contributed by atoms with Crippen molar-refractivity contribution in [2.24, 2.45) is 0 Å². The van der Waals surface area contributed by atoms with Crippen LogP contribution in [0.25, 0.3) is 10.9 Å². The number of aromatic nitrogens is 2. The van der Waals surface area contributed by atoms with Crippen LogP contribution in [0.2, 0.25) is 0 Å². The molecule has 0 aliphatic heterocycles. The fraction of sp³-hybridized carbons (Fsp3) is 0.0714. The maximum atomic E-state index is 10.7. The minimum absolute atomic E-state index is 0.0239. The first-order valence-corrected chi connectivity index (χ1v) is 6.03. The third-order valence-electron chi connectivity index (χ3n) is 2.94. The summed E-state index contributed by atoms with van der Waals surface area (Å²) in [6, 6.07) is 14.2. The molecule has 0 saturated carbocycles. The molecule has 2 aromatic carbocycles. The number of H-pyrrole nitrogens is 1. The number of nitrogens with one attached hydrogen (secondary N) is 1. The van der Waals surface area contributed by atoms with Gasteiger partial charge >= 0.3 is 0 Å². The Labute approximate surface area is 114 Å². The summed E-state index contributed by atoms with van der Waals surface area (Å²) in [6.45, 7) is 0.401. The van der Waals surface area contributed by atoms with E-state index < -0.39 is 4.92 Å². The summed E-state index contributed by atoms with van der Waals surface area (Å²) in [5.74, 6) is 0.443. The van der Waals surface area contributed by atoms with E-state index >= 15 is 0 Å². The maximum Gasteiger partial charge on any atom is 0.271 e.